The van der Waals surface area contributed by atoms with E-state index in [9.17, 15) is 9.18 Å². The molecule has 2 N–H and O–H groups in total. The van der Waals surface area contributed by atoms with Gasteiger partial charge in [-0.15, -0.1) is 0 Å². The number of halogens is 1. The Balaban J connectivity index is 2.27. The van der Waals surface area contributed by atoms with Gasteiger partial charge in [-0.05, 0) is 25.1 Å². The van der Waals surface area contributed by atoms with Crippen molar-refractivity contribution in [3.05, 3.63) is 48.0 Å². The number of pyridine rings is 1. The van der Waals surface area contributed by atoms with E-state index < -0.39 is 11.8 Å². The first kappa shape index (κ1) is 13.8. The quantitative estimate of drug-likeness (QED) is 0.878. The fourth-order valence-corrected chi connectivity index (χ4v) is 1.69. The van der Waals surface area contributed by atoms with E-state index in [1.165, 1.54) is 30.6 Å². The fraction of sp³-hybridized carbons (Fsp3) is 0.143. The standard InChI is InChI=1S/C14H13FN2O3/c1-2-20-13-4-3-9(7-11(13)15)17-12-8-16-6-5-10(12)14(18)19/h3-8,17H,2H2,1H3,(H,18,19). The SMILES string of the molecule is CCOc1ccc(Nc2cnccc2C(=O)O)cc1F. The molecule has 0 aliphatic rings. The van der Waals surface area contributed by atoms with Gasteiger partial charge in [0.1, 0.15) is 0 Å². The largest absolute Gasteiger partial charge is 0.491 e. The van der Waals surface area contributed by atoms with Gasteiger partial charge in [0.25, 0.3) is 0 Å². The van der Waals surface area contributed by atoms with E-state index in [2.05, 4.69) is 10.3 Å². The number of hydrogen-bond acceptors (Lipinski definition) is 4. The maximum atomic E-state index is 13.7. The third-order valence-electron chi connectivity index (χ3n) is 2.56. The molecule has 0 amide bonds. The van der Waals surface area contributed by atoms with E-state index in [0.29, 0.717) is 18.0 Å². The van der Waals surface area contributed by atoms with Gasteiger partial charge in [0.05, 0.1) is 24.1 Å². The molecular weight excluding hydrogens is 263 g/mol. The molecule has 2 aromatic rings. The molecule has 0 radical (unpaired) electrons. The Labute approximate surface area is 115 Å². The highest BCUT2D eigenvalue weighted by molar-refractivity contribution is 5.94. The number of anilines is 2. The molecule has 0 fully saturated rings. The summed E-state index contributed by atoms with van der Waals surface area (Å²) in [6, 6.07) is 5.70. The number of ether oxygens (including phenoxy) is 1. The summed E-state index contributed by atoms with van der Waals surface area (Å²) in [5.41, 5.74) is 0.777. The molecule has 1 aromatic heterocycles. The number of carbonyl (C=O) groups is 1. The summed E-state index contributed by atoms with van der Waals surface area (Å²) in [6.45, 7) is 2.13. The number of carboxylic acid groups (broad SMARTS) is 1. The van der Waals surface area contributed by atoms with Crippen LogP contribution in [0.25, 0.3) is 0 Å². The molecule has 0 atom stereocenters. The van der Waals surface area contributed by atoms with Crippen LogP contribution in [0.2, 0.25) is 0 Å². The third-order valence-corrected chi connectivity index (χ3v) is 2.56. The molecule has 0 unspecified atom stereocenters. The lowest BCUT2D eigenvalue weighted by atomic mass is 10.2. The van der Waals surface area contributed by atoms with Crippen molar-refractivity contribution in [3.8, 4) is 5.75 Å². The second-order valence-electron chi connectivity index (χ2n) is 3.93. The highest BCUT2D eigenvalue weighted by Gasteiger charge is 2.11. The zero-order chi connectivity index (χ0) is 14.5. The summed E-state index contributed by atoms with van der Waals surface area (Å²) in [6.07, 6.45) is 2.76. The Morgan fingerprint density at radius 2 is 2.25 bits per heavy atom. The average molecular weight is 276 g/mol. The first-order valence-corrected chi connectivity index (χ1v) is 5.98. The number of aromatic nitrogens is 1. The number of nitrogens with zero attached hydrogens (tertiary/aromatic N) is 1. The molecule has 104 valence electrons. The van der Waals surface area contributed by atoms with Crippen molar-refractivity contribution in [1.29, 1.82) is 0 Å². The van der Waals surface area contributed by atoms with Crippen LogP contribution in [0, 0.1) is 5.82 Å². The highest BCUT2D eigenvalue weighted by Crippen LogP contribution is 2.25. The summed E-state index contributed by atoms with van der Waals surface area (Å²) in [4.78, 5) is 14.9. The topological polar surface area (TPSA) is 71.5 Å². The molecule has 0 saturated carbocycles. The van der Waals surface area contributed by atoms with E-state index in [0.717, 1.165) is 0 Å². The lowest BCUT2D eigenvalue weighted by Gasteiger charge is -2.10. The van der Waals surface area contributed by atoms with Crippen molar-refractivity contribution >= 4 is 17.3 Å². The van der Waals surface area contributed by atoms with Crippen LogP contribution in [0.3, 0.4) is 0 Å². The van der Waals surface area contributed by atoms with Gasteiger partial charge in [-0.1, -0.05) is 0 Å². The summed E-state index contributed by atoms with van der Waals surface area (Å²) in [5, 5.41) is 11.9. The minimum absolute atomic E-state index is 0.0642. The fourth-order valence-electron chi connectivity index (χ4n) is 1.69. The third kappa shape index (κ3) is 3.03. The van der Waals surface area contributed by atoms with E-state index >= 15 is 0 Å². The maximum absolute atomic E-state index is 13.7. The van der Waals surface area contributed by atoms with Gasteiger partial charge < -0.3 is 15.2 Å². The summed E-state index contributed by atoms with van der Waals surface area (Å²) >= 11 is 0. The van der Waals surface area contributed by atoms with E-state index in [4.69, 9.17) is 9.84 Å². The first-order valence-electron chi connectivity index (χ1n) is 5.98. The van der Waals surface area contributed by atoms with Crippen molar-refractivity contribution in [1.82, 2.24) is 4.98 Å². The Hall–Kier alpha value is -2.63. The normalized spacial score (nSPS) is 10.1. The van der Waals surface area contributed by atoms with Gasteiger partial charge in [-0.3, -0.25) is 4.98 Å². The van der Waals surface area contributed by atoms with Gasteiger partial charge in [0, 0.05) is 18.0 Å². The van der Waals surface area contributed by atoms with Crippen molar-refractivity contribution in [2.24, 2.45) is 0 Å². The molecule has 0 spiro atoms. The van der Waals surface area contributed by atoms with Gasteiger partial charge >= 0.3 is 5.97 Å². The monoisotopic (exact) mass is 276 g/mol. The summed E-state index contributed by atoms with van der Waals surface area (Å²) in [7, 11) is 0. The Morgan fingerprint density at radius 1 is 1.45 bits per heavy atom. The highest BCUT2D eigenvalue weighted by atomic mass is 19.1. The van der Waals surface area contributed by atoms with Crippen molar-refractivity contribution in [2.75, 3.05) is 11.9 Å². The van der Waals surface area contributed by atoms with Crippen LogP contribution in [0.15, 0.2) is 36.7 Å². The molecule has 0 aliphatic heterocycles. The molecule has 1 aromatic carbocycles. The molecule has 0 bridgehead atoms. The van der Waals surface area contributed by atoms with Crippen molar-refractivity contribution in [3.63, 3.8) is 0 Å². The van der Waals surface area contributed by atoms with Crippen LogP contribution in [0.4, 0.5) is 15.8 Å². The van der Waals surface area contributed by atoms with Gasteiger partial charge in [0.2, 0.25) is 0 Å². The molecule has 5 nitrogen and oxygen atoms in total. The van der Waals surface area contributed by atoms with E-state index in [1.54, 1.807) is 13.0 Å². The van der Waals surface area contributed by atoms with Crippen LogP contribution >= 0.6 is 0 Å². The maximum Gasteiger partial charge on any atom is 0.337 e. The zero-order valence-electron chi connectivity index (χ0n) is 10.8. The van der Waals surface area contributed by atoms with Gasteiger partial charge in [-0.25, -0.2) is 9.18 Å². The molecule has 1 heterocycles. The van der Waals surface area contributed by atoms with E-state index in [1.807, 2.05) is 0 Å². The Bertz CT molecular complexity index is 632. The van der Waals surface area contributed by atoms with Crippen LogP contribution in [0.1, 0.15) is 17.3 Å². The zero-order valence-corrected chi connectivity index (χ0v) is 10.8. The molecule has 20 heavy (non-hydrogen) atoms. The number of nitrogens with one attached hydrogen (secondary N) is 1. The predicted molar refractivity (Wildman–Crippen MR) is 72.0 cm³/mol. The van der Waals surface area contributed by atoms with Crippen molar-refractivity contribution in [2.45, 2.75) is 6.92 Å². The second kappa shape index (κ2) is 6.01. The van der Waals surface area contributed by atoms with Crippen molar-refractivity contribution < 1.29 is 19.0 Å². The Morgan fingerprint density at radius 3 is 2.90 bits per heavy atom. The Kier molecular flexibility index (Phi) is 4.14. The molecule has 0 saturated heterocycles. The summed E-state index contributed by atoms with van der Waals surface area (Å²) in [5.74, 6) is -1.44. The van der Waals surface area contributed by atoms with Gasteiger partial charge in [0.15, 0.2) is 11.6 Å². The molecule has 6 heteroatoms. The van der Waals surface area contributed by atoms with Crippen LogP contribution in [0.5, 0.6) is 5.75 Å². The van der Waals surface area contributed by atoms with Crippen LogP contribution in [-0.4, -0.2) is 22.7 Å². The first-order chi connectivity index (χ1) is 9.61. The van der Waals surface area contributed by atoms with Crippen LogP contribution in [-0.2, 0) is 0 Å². The minimum atomic E-state index is -1.08. The predicted octanol–water partition coefficient (Wildman–Crippen LogP) is 3.06. The smallest absolute Gasteiger partial charge is 0.337 e. The number of carboxylic acids is 1. The lowest BCUT2D eigenvalue weighted by Crippen LogP contribution is -2.03. The number of hydrogen-bond donors (Lipinski definition) is 2. The van der Waals surface area contributed by atoms with E-state index in [-0.39, 0.29) is 11.3 Å². The lowest BCUT2D eigenvalue weighted by molar-refractivity contribution is 0.0698. The minimum Gasteiger partial charge on any atom is -0.491 e. The number of rotatable bonds is 5. The van der Waals surface area contributed by atoms with Crippen LogP contribution < -0.4 is 10.1 Å². The molecule has 0 aliphatic carbocycles. The number of benzene rings is 1. The summed E-state index contributed by atoms with van der Waals surface area (Å²) < 4.78 is 18.8. The average Bonchev–Trinajstić information content (AvgIpc) is 2.42. The molecular formula is C14H13FN2O3. The molecule has 2 rings (SSSR count). The number of aromatic carboxylic acids is 1. The second-order valence-corrected chi connectivity index (χ2v) is 3.93. The van der Waals surface area contributed by atoms with Gasteiger partial charge in [-0.2, -0.15) is 0 Å².